The van der Waals surface area contributed by atoms with Crippen molar-refractivity contribution in [1.29, 1.82) is 0 Å². The number of rotatable bonds is 2. The Kier molecular flexibility index (Phi) is 3.47. The number of halogens is 2. The van der Waals surface area contributed by atoms with Crippen LogP contribution in [-0.4, -0.2) is 25.3 Å². The average molecular weight is 243 g/mol. The minimum Gasteiger partial charge on any atom is -0.505 e. The molecule has 1 unspecified atom stereocenters. The van der Waals surface area contributed by atoms with Crippen LogP contribution in [0.4, 0.5) is 8.78 Å². The third kappa shape index (κ3) is 2.20. The summed E-state index contributed by atoms with van der Waals surface area (Å²) in [4.78, 5) is 0. The minimum absolute atomic E-state index is 0.0578. The highest BCUT2D eigenvalue weighted by Gasteiger charge is 2.27. The average Bonchev–Trinajstić information content (AvgIpc) is 2.34. The molecule has 0 radical (unpaired) electrons. The Hall–Kier alpha value is -1.36. The van der Waals surface area contributed by atoms with Gasteiger partial charge in [0.1, 0.15) is 0 Å². The molecule has 1 heterocycles. The summed E-state index contributed by atoms with van der Waals surface area (Å²) in [6.45, 7) is 1.48. The van der Waals surface area contributed by atoms with E-state index in [9.17, 15) is 13.9 Å². The fraction of sp³-hybridized carbons (Fsp3) is 0.500. The zero-order valence-corrected chi connectivity index (χ0v) is 9.59. The summed E-state index contributed by atoms with van der Waals surface area (Å²) >= 11 is 0. The van der Waals surface area contributed by atoms with Crippen LogP contribution in [0.15, 0.2) is 6.07 Å². The van der Waals surface area contributed by atoms with Crippen LogP contribution in [0.3, 0.4) is 0 Å². The van der Waals surface area contributed by atoms with Crippen molar-refractivity contribution in [2.45, 2.75) is 18.8 Å². The van der Waals surface area contributed by atoms with E-state index < -0.39 is 17.4 Å². The topological polar surface area (TPSA) is 41.5 Å². The molecule has 0 amide bonds. The van der Waals surface area contributed by atoms with E-state index >= 15 is 0 Å². The SMILES string of the molecule is COc1c(F)cc(F)c(O)c1C1CCCNC1. The number of piperidine rings is 1. The van der Waals surface area contributed by atoms with Gasteiger partial charge in [0.15, 0.2) is 23.1 Å². The first-order valence-electron chi connectivity index (χ1n) is 5.60. The second-order valence-electron chi connectivity index (χ2n) is 4.18. The van der Waals surface area contributed by atoms with Gasteiger partial charge in [-0.25, -0.2) is 8.78 Å². The molecule has 5 heteroatoms. The van der Waals surface area contributed by atoms with Gasteiger partial charge in [-0.05, 0) is 19.4 Å². The summed E-state index contributed by atoms with van der Waals surface area (Å²) in [7, 11) is 1.31. The molecule has 1 aromatic rings. The van der Waals surface area contributed by atoms with E-state index in [0.717, 1.165) is 19.4 Å². The predicted octanol–water partition coefficient (Wildman–Crippen LogP) is 2.15. The van der Waals surface area contributed by atoms with Gasteiger partial charge in [-0.1, -0.05) is 0 Å². The van der Waals surface area contributed by atoms with Gasteiger partial charge in [-0.2, -0.15) is 0 Å². The molecule has 1 aliphatic rings. The summed E-state index contributed by atoms with van der Waals surface area (Å²) < 4.78 is 31.8. The summed E-state index contributed by atoms with van der Waals surface area (Å²) in [5, 5.41) is 12.9. The third-order valence-electron chi connectivity index (χ3n) is 3.11. The highest BCUT2D eigenvalue weighted by molar-refractivity contribution is 5.48. The molecule has 0 aromatic heterocycles. The normalized spacial score (nSPS) is 20.3. The molecular formula is C12H15F2NO2. The Balaban J connectivity index is 2.48. The molecule has 1 fully saturated rings. The monoisotopic (exact) mass is 243 g/mol. The predicted molar refractivity (Wildman–Crippen MR) is 59.4 cm³/mol. The number of phenols is 1. The van der Waals surface area contributed by atoms with Crippen LogP contribution < -0.4 is 10.1 Å². The van der Waals surface area contributed by atoms with Crippen molar-refractivity contribution < 1.29 is 18.6 Å². The van der Waals surface area contributed by atoms with Crippen LogP contribution in [0.5, 0.6) is 11.5 Å². The van der Waals surface area contributed by atoms with Crippen molar-refractivity contribution >= 4 is 0 Å². The van der Waals surface area contributed by atoms with Gasteiger partial charge < -0.3 is 15.2 Å². The molecule has 94 valence electrons. The summed E-state index contributed by atoms with van der Waals surface area (Å²) in [6, 6.07) is 0.647. The number of nitrogens with one attached hydrogen (secondary N) is 1. The van der Waals surface area contributed by atoms with Crippen molar-refractivity contribution in [2.75, 3.05) is 20.2 Å². The number of methoxy groups -OCH3 is 1. The number of aromatic hydroxyl groups is 1. The van der Waals surface area contributed by atoms with E-state index in [1.165, 1.54) is 7.11 Å². The lowest BCUT2D eigenvalue weighted by atomic mass is 9.90. The number of benzene rings is 1. The first kappa shape index (κ1) is 12.1. The lowest BCUT2D eigenvalue weighted by Crippen LogP contribution is -2.28. The molecule has 1 saturated heterocycles. The molecule has 3 nitrogen and oxygen atoms in total. The number of phenolic OH excluding ortho intramolecular Hbond substituents is 1. The van der Waals surface area contributed by atoms with Crippen LogP contribution in [0.25, 0.3) is 0 Å². The number of hydrogen-bond acceptors (Lipinski definition) is 3. The van der Waals surface area contributed by atoms with Gasteiger partial charge in [0.25, 0.3) is 0 Å². The maximum absolute atomic E-state index is 13.5. The number of ether oxygens (including phenoxy) is 1. The van der Waals surface area contributed by atoms with Crippen LogP contribution in [0.1, 0.15) is 24.3 Å². The quantitative estimate of drug-likeness (QED) is 0.836. The van der Waals surface area contributed by atoms with Gasteiger partial charge >= 0.3 is 0 Å². The fourth-order valence-corrected chi connectivity index (χ4v) is 2.29. The standard InChI is InChI=1S/C12H15F2NO2/c1-17-12-9(14)5-8(13)11(16)10(12)7-3-2-4-15-6-7/h5,7,15-16H,2-4,6H2,1H3. The first-order valence-corrected chi connectivity index (χ1v) is 5.60. The van der Waals surface area contributed by atoms with E-state index in [1.807, 2.05) is 0 Å². The Bertz CT molecular complexity index is 417. The van der Waals surface area contributed by atoms with Crippen molar-refractivity contribution in [1.82, 2.24) is 5.32 Å². The van der Waals surface area contributed by atoms with E-state index in [4.69, 9.17) is 4.74 Å². The fourth-order valence-electron chi connectivity index (χ4n) is 2.29. The van der Waals surface area contributed by atoms with Crippen molar-refractivity contribution in [3.8, 4) is 11.5 Å². The smallest absolute Gasteiger partial charge is 0.168 e. The zero-order chi connectivity index (χ0) is 12.4. The maximum atomic E-state index is 13.5. The van der Waals surface area contributed by atoms with E-state index in [2.05, 4.69) is 5.32 Å². The Morgan fingerprint density at radius 3 is 2.76 bits per heavy atom. The molecule has 1 aromatic carbocycles. The van der Waals surface area contributed by atoms with Crippen molar-refractivity contribution in [2.24, 2.45) is 0 Å². The van der Waals surface area contributed by atoms with E-state index in [1.54, 1.807) is 0 Å². The lowest BCUT2D eigenvalue weighted by molar-refractivity contribution is 0.345. The molecule has 1 aliphatic heterocycles. The molecule has 0 saturated carbocycles. The Labute approximate surface area is 98.4 Å². The highest BCUT2D eigenvalue weighted by atomic mass is 19.1. The maximum Gasteiger partial charge on any atom is 0.168 e. The van der Waals surface area contributed by atoms with Gasteiger partial charge in [0.05, 0.1) is 7.11 Å². The zero-order valence-electron chi connectivity index (χ0n) is 9.59. The Morgan fingerprint density at radius 2 is 2.18 bits per heavy atom. The number of hydrogen-bond donors (Lipinski definition) is 2. The van der Waals surface area contributed by atoms with Crippen LogP contribution in [0.2, 0.25) is 0 Å². The molecule has 2 N–H and O–H groups in total. The summed E-state index contributed by atoms with van der Waals surface area (Å²) in [6.07, 6.45) is 1.69. The van der Waals surface area contributed by atoms with Crippen LogP contribution >= 0.6 is 0 Å². The van der Waals surface area contributed by atoms with Crippen molar-refractivity contribution in [3.63, 3.8) is 0 Å². The largest absolute Gasteiger partial charge is 0.505 e. The third-order valence-corrected chi connectivity index (χ3v) is 3.11. The minimum atomic E-state index is -0.941. The van der Waals surface area contributed by atoms with Crippen molar-refractivity contribution in [3.05, 3.63) is 23.3 Å². The molecule has 1 atom stereocenters. The highest BCUT2D eigenvalue weighted by Crippen LogP contribution is 2.40. The molecule has 2 rings (SSSR count). The van der Waals surface area contributed by atoms with Crippen LogP contribution in [-0.2, 0) is 0 Å². The van der Waals surface area contributed by atoms with Gasteiger partial charge in [-0.15, -0.1) is 0 Å². The lowest BCUT2D eigenvalue weighted by Gasteiger charge is -2.25. The van der Waals surface area contributed by atoms with Gasteiger partial charge in [0, 0.05) is 24.1 Å². The molecule has 0 bridgehead atoms. The second kappa shape index (κ2) is 4.87. The Morgan fingerprint density at radius 1 is 1.41 bits per heavy atom. The molecule has 17 heavy (non-hydrogen) atoms. The molecule has 0 spiro atoms. The molecule has 0 aliphatic carbocycles. The second-order valence-corrected chi connectivity index (χ2v) is 4.18. The first-order chi connectivity index (χ1) is 8.15. The van der Waals surface area contributed by atoms with E-state index in [0.29, 0.717) is 12.6 Å². The van der Waals surface area contributed by atoms with E-state index in [-0.39, 0.29) is 17.2 Å². The van der Waals surface area contributed by atoms with Gasteiger partial charge in [-0.3, -0.25) is 0 Å². The van der Waals surface area contributed by atoms with Gasteiger partial charge in [0.2, 0.25) is 0 Å². The summed E-state index contributed by atoms with van der Waals surface area (Å²) in [5.74, 6) is -2.40. The summed E-state index contributed by atoms with van der Waals surface area (Å²) in [5.41, 5.74) is 0.234. The molecular weight excluding hydrogens is 228 g/mol. The van der Waals surface area contributed by atoms with Crippen LogP contribution in [0, 0.1) is 11.6 Å².